The van der Waals surface area contributed by atoms with Gasteiger partial charge >= 0.3 is 0 Å². The zero-order chi connectivity index (χ0) is 21.5. The minimum atomic E-state index is 0.0315. The number of rotatable bonds is 7. The molecule has 1 fully saturated rings. The first-order chi connectivity index (χ1) is 15.2. The van der Waals surface area contributed by atoms with Gasteiger partial charge in [-0.1, -0.05) is 54.6 Å². The number of aromatic nitrogens is 1. The van der Waals surface area contributed by atoms with Crippen LogP contribution in [0.3, 0.4) is 0 Å². The van der Waals surface area contributed by atoms with E-state index >= 15 is 0 Å². The molecule has 0 unspecified atom stereocenters. The number of piperazine rings is 1. The quantitative estimate of drug-likeness (QED) is 0.602. The number of carbonyl (C=O) groups is 1. The van der Waals surface area contributed by atoms with Crippen LogP contribution in [-0.4, -0.2) is 60.0 Å². The first kappa shape index (κ1) is 21.4. The Bertz CT molecular complexity index is 1020. The molecule has 160 valence electrons. The predicted molar refractivity (Wildman–Crippen MR) is 129 cm³/mol. The molecule has 1 aromatic heterocycles. The van der Waals surface area contributed by atoms with Gasteiger partial charge < -0.3 is 5.32 Å². The molecule has 31 heavy (non-hydrogen) atoms. The number of hydrogen-bond acceptors (Lipinski definition) is 5. The molecule has 0 saturated carbocycles. The minimum absolute atomic E-state index is 0.0315. The number of anilines is 1. The van der Waals surface area contributed by atoms with Gasteiger partial charge in [0.25, 0.3) is 0 Å². The minimum Gasteiger partial charge on any atom is -0.325 e. The fourth-order valence-electron chi connectivity index (χ4n) is 3.69. The first-order valence-corrected chi connectivity index (χ1v) is 11.5. The second-order valence-corrected chi connectivity index (χ2v) is 8.83. The molecule has 6 heteroatoms. The summed E-state index contributed by atoms with van der Waals surface area (Å²) in [5.74, 6) is 0.0315. The summed E-state index contributed by atoms with van der Waals surface area (Å²) in [6.07, 6.45) is 4.38. The second-order valence-electron chi connectivity index (χ2n) is 7.77. The Labute approximate surface area is 188 Å². The number of carbonyl (C=O) groups excluding carboxylic acids is 1. The molecule has 4 rings (SSSR count). The van der Waals surface area contributed by atoms with Gasteiger partial charge in [0.1, 0.15) is 0 Å². The van der Waals surface area contributed by atoms with Crippen LogP contribution in [0.1, 0.15) is 10.6 Å². The van der Waals surface area contributed by atoms with Crippen molar-refractivity contribution in [3.8, 4) is 11.3 Å². The molecule has 0 spiro atoms. The molecule has 1 N–H and O–H groups in total. The number of amides is 1. The lowest BCUT2D eigenvalue weighted by Gasteiger charge is -2.33. The van der Waals surface area contributed by atoms with Crippen molar-refractivity contribution in [2.45, 2.75) is 6.92 Å². The molecule has 0 atom stereocenters. The van der Waals surface area contributed by atoms with Crippen molar-refractivity contribution < 1.29 is 4.79 Å². The van der Waals surface area contributed by atoms with Crippen LogP contribution in [0.25, 0.3) is 17.3 Å². The molecule has 1 amide bonds. The highest BCUT2D eigenvalue weighted by atomic mass is 32.1. The first-order valence-electron chi connectivity index (χ1n) is 10.6. The SMILES string of the molecule is Cc1nc(-c2cccc(NC(=O)CN3CCN(C/C=C/c4ccccc4)CC3)c2)cs1. The molecule has 0 bridgehead atoms. The molecule has 2 heterocycles. The summed E-state index contributed by atoms with van der Waals surface area (Å²) >= 11 is 1.63. The molecule has 1 saturated heterocycles. The van der Waals surface area contributed by atoms with Crippen LogP contribution in [0.2, 0.25) is 0 Å². The molecule has 0 aliphatic carbocycles. The van der Waals surface area contributed by atoms with Gasteiger partial charge in [-0.15, -0.1) is 11.3 Å². The van der Waals surface area contributed by atoms with E-state index in [0.717, 1.165) is 54.7 Å². The van der Waals surface area contributed by atoms with Gasteiger partial charge in [0.15, 0.2) is 0 Å². The molecule has 3 aromatic rings. The average molecular weight is 433 g/mol. The van der Waals surface area contributed by atoms with Crippen LogP contribution in [0.15, 0.2) is 66.1 Å². The van der Waals surface area contributed by atoms with E-state index in [0.29, 0.717) is 6.54 Å². The lowest BCUT2D eigenvalue weighted by molar-refractivity contribution is -0.117. The third-order valence-corrected chi connectivity index (χ3v) is 6.14. The molecular formula is C25H28N4OS. The zero-order valence-electron chi connectivity index (χ0n) is 17.8. The molecule has 5 nitrogen and oxygen atoms in total. The highest BCUT2D eigenvalue weighted by molar-refractivity contribution is 7.09. The largest absolute Gasteiger partial charge is 0.325 e. The van der Waals surface area contributed by atoms with Crippen LogP contribution >= 0.6 is 11.3 Å². The summed E-state index contributed by atoms with van der Waals surface area (Å²) in [6, 6.07) is 18.3. The number of benzene rings is 2. The predicted octanol–water partition coefficient (Wildman–Crippen LogP) is 4.39. The Balaban J connectivity index is 1.22. The van der Waals surface area contributed by atoms with Crippen LogP contribution in [0, 0.1) is 6.92 Å². The Morgan fingerprint density at radius 3 is 2.58 bits per heavy atom. The van der Waals surface area contributed by atoms with Gasteiger partial charge in [-0.2, -0.15) is 0 Å². The molecule has 2 aromatic carbocycles. The lowest BCUT2D eigenvalue weighted by atomic mass is 10.1. The maximum absolute atomic E-state index is 12.6. The van der Waals surface area contributed by atoms with Crippen molar-refractivity contribution in [2.24, 2.45) is 0 Å². The second kappa shape index (κ2) is 10.5. The summed E-state index contributed by atoms with van der Waals surface area (Å²) in [7, 11) is 0. The van der Waals surface area contributed by atoms with Crippen molar-refractivity contribution in [1.82, 2.24) is 14.8 Å². The normalized spacial score (nSPS) is 15.4. The maximum Gasteiger partial charge on any atom is 0.238 e. The van der Waals surface area contributed by atoms with E-state index in [4.69, 9.17) is 0 Å². The summed E-state index contributed by atoms with van der Waals surface area (Å²) in [6.45, 7) is 7.14. The number of nitrogens with zero attached hydrogens (tertiary/aromatic N) is 3. The number of thiazole rings is 1. The van der Waals surface area contributed by atoms with Gasteiger partial charge in [0, 0.05) is 49.4 Å². The zero-order valence-corrected chi connectivity index (χ0v) is 18.6. The Morgan fingerprint density at radius 1 is 1.06 bits per heavy atom. The monoisotopic (exact) mass is 432 g/mol. The average Bonchev–Trinajstić information content (AvgIpc) is 3.22. The van der Waals surface area contributed by atoms with Crippen molar-refractivity contribution in [1.29, 1.82) is 0 Å². The Morgan fingerprint density at radius 2 is 1.84 bits per heavy atom. The van der Waals surface area contributed by atoms with Gasteiger partial charge in [-0.3, -0.25) is 14.6 Å². The molecule has 1 aliphatic heterocycles. The Kier molecular flexibility index (Phi) is 7.25. The van der Waals surface area contributed by atoms with E-state index in [-0.39, 0.29) is 5.91 Å². The molecular weight excluding hydrogens is 404 g/mol. The third kappa shape index (κ3) is 6.34. The number of nitrogens with one attached hydrogen (secondary N) is 1. The van der Waals surface area contributed by atoms with Crippen molar-refractivity contribution in [3.05, 3.63) is 76.6 Å². The van der Waals surface area contributed by atoms with Crippen LogP contribution < -0.4 is 5.32 Å². The van der Waals surface area contributed by atoms with E-state index in [9.17, 15) is 4.79 Å². The topological polar surface area (TPSA) is 48.5 Å². The summed E-state index contributed by atoms with van der Waals surface area (Å²) in [5.41, 5.74) is 4.03. The smallest absolute Gasteiger partial charge is 0.238 e. The Hall–Kier alpha value is -2.80. The fraction of sp³-hybridized carbons (Fsp3) is 0.280. The van der Waals surface area contributed by atoms with E-state index in [1.807, 2.05) is 42.6 Å². The third-order valence-electron chi connectivity index (χ3n) is 5.37. The fourth-order valence-corrected chi connectivity index (χ4v) is 4.31. The van der Waals surface area contributed by atoms with E-state index in [1.165, 1.54) is 5.56 Å². The molecule has 0 radical (unpaired) electrons. The lowest BCUT2D eigenvalue weighted by Crippen LogP contribution is -2.48. The maximum atomic E-state index is 12.6. The number of aryl methyl sites for hydroxylation is 1. The van der Waals surface area contributed by atoms with Gasteiger partial charge in [-0.05, 0) is 24.6 Å². The van der Waals surface area contributed by atoms with Crippen LogP contribution in [0.4, 0.5) is 5.69 Å². The van der Waals surface area contributed by atoms with Gasteiger partial charge in [0.05, 0.1) is 17.2 Å². The van der Waals surface area contributed by atoms with Crippen molar-refractivity contribution in [3.63, 3.8) is 0 Å². The summed E-state index contributed by atoms with van der Waals surface area (Å²) in [4.78, 5) is 21.7. The standard InChI is InChI=1S/C25H28N4OS/c1-20-26-24(19-31-20)22-10-5-11-23(17-22)27-25(30)18-29-15-13-28(14-16-29)12-6-9-21-7-3-2-4-8-21/h2-11,17,19H,12-16,18H2,1H3,(H,27,30)/b9-6+. The van der Waals surface area contributed by atoms with Crippen molar-refractivity contribution in [2.75, 3.05) is 44.6 Å². The van der Waals surface area contributed by atoms with Crippen LogP contribution in [0.5, 0.6) is 0 Å². The van der Waals surface area contributed by atoms with E-state index in [2.05, 4.69) is 56.5 Å². The number of hydrogen-bond donors (Lipinski definition) is 1. The summed E-state index contributed by atoms with van der Waals surface area (Å²) in [5, 5.41) is 6.13. The van der Waals surface area contributed by atoms with Crippen molar-refractivity contribution >= 4 is 29.0 Å². The highest BCUT2D eigenvalue weighted by Gasteiger charge is 2.18. The van der Waals surface area contributed by atoms with Gasteiger partial charge in [-0.25, -0.2) is 4.98 Å². The van der Waals surface area contributed by atoms with E-state index in [1.54, 1.807) is 11.3 Å². The highest BCUT2D eigenvalue weighted by Crippen LogP contribution is 2.24. The molecule has 1 aliphatic rings. The van der Waals surface area contributed by atoms with E-state index < -0.39 is 0 Å². The summed E-state index contributed by atoms with van der Waals surface area (Å²) < 4.78 is 0. The van der Waals surface area contributed by atoms with Gasteiger partial charge in [0.2, 0.25) is 5.91 Å². The van der Waals surface area contributed by atoms with Crippen LogP contribution in [-0.2, 0) is 4.79 Å².